The van der Waals surface area contributed by atoms with E-state index in [2.05, 4.69) is 4.98 Å². The monoisotopic (exact) mass is 269 g/mol. The molecule has 0 radical (unpaired) electrons. The molecule has 18 heavy (non-hydrogen) atoms. The first-order valence-corrected chi connectivity index (χ1v) is 6.82. The van der Waals surface area contributed by atoms with E-state index < -0.39 is 0 Å². The molecule has 5 nitrogen and oxygen atoms in total. The van der Waals surface area contributed by atoms with Crippen LogP contribution in [0.4, 0.5) is 5.82 Å². The summed E-state index contributed by atoms with van der Waals surface area (Å²) in [5.41, 5.74) is -0.00276. The largest absolute Gasteiger partial charge is 0.377 e. The highest BCUT2D eigenvalue weighted by Crippen LogP contribution is 2.33. The second-order valence-electron chi connectivity index (χ2n) is 4.77. The third kappa shape index (κ3) is 2.12. The Labute approximate surface area is 110 Å². The third-order valence-electron chi connectivity index (χ3n) is 3.47. The fourth-order valence-electron chi connectivity index (χ4n) is 2.31. The molecule has 2 aliphatic rings. The Balaban J connectivity index is 1.95. The molecule has 98 valence electrons. The minimum Gasteiger partial charge on any atom is -0.377 e. The summed E-state index contributed by atoms with van der Waals surface area (Å²) in [5.74, 6) is 0.956. The molecule has 6 heteroatoms. The predicted octanol–water partition coefficient (Wildman–Crippen LogP) is 1.02. The molecule has 0 spiro atoms. The molecule has 1 saturated heterocycles. The van der Waals surface area contributed by atoms with Crippen molar-refractivity contribution in [3.05, 3.63) is 22.7 Å². The number of morpholine rings is 1. The highest BCUT2D eigenvalue weighted by atomic mass is 35.5. The smallest absolute Gasteiger partial charge is 0.293 e. The van der Waals surface area contributed by atoms with Crippen LogP contribution in [0.25, 0.3) is 0 Å². The average Bonchev–Trinajstić information content (AvgIpc) is 3.23. The lowest BCUT2D eigenvalue weighted by Gasteiger charge is -2.34. The summed E-state index contributed by atoms with van der Waals surface area (Å²) < 4.78 is 7.19. The van der Waals surface area contributed by atoms with Gasteiger partial charge in [0.25, 0.3) is 5.56 Å². The minimum absolute atomic E-state index is 0.00276. The zero-order valence-corrected chi connectivity index (χ0v) is 10.8. The first kappa shape index (κ1) is 12.0. The Hall–Kier alpha value is -1.07. The van der Waals surface area contributed by atoms with E-state index in [1.54, 1.807) is 17.0 Å². The van der Waals surface area contributed by atoms with E-state index in [1.807, 2.05) is 4.90 Å². The summed E-state index contributed by atoms with van der Waals surface area (Å²) in [5, 5.41) is 0. The van der Waals surface area contributed by atoms with Crippen molar-refractivity contribution in [2.75, 3.05) is 30.5 Å². The van der Waals surface area contributed by atoms with Crippen molar-refractivity contribution in [3.8, 4) is 0 Å². The molecule has 2 heterocycles. The van der Waals surface area contributed by atoms with Gasteiger partial charge in [-0.3, -0.25) is 4.79 Å². The van der Waals surface area contributed by atoms with Crippen LogP contribution in [0.15, 0.2) is 17.2 Å². The molecule has 0 amide bonds. The van der Waals surface area contributed by atoms with Gasteiger partial charge in [0.1, 0.15) is 0 Å². The molecule has 0 N–H and O–H groups in total. The van der Waals surface area contributed by atoms with Crippen LogP contribution < -0.4 is 10.5 Å². The van der Waals surface area contributed by atoms with Gasteiger partial charge in [0.05, 0.1) is 19.3 Å². The van der Waals surface area contributed by atoms with Gasteiger partial charge in [0.15, 0.2) is 5.82 Å². The molecule has 0 bridgehead atoms. The number of anilines is 1. The van der Waals surface area contributed by atoms with Crippen molar-refractivity contribution in [3.63, 3.8) is 0 Å². The SMILES string of the molecule is O=c1c(N2CCOCC2CCl)nccn1C1CC1. The maximum absolute atomic E-state index is 12.4. The van der Waals surface area contributed by atoms with E-state index in [9.17, 15) is 4.79 Å². The van der Waals surface area contributed by atoms with Gasteiger partial charge >= 0.3 is 0 Å². The van der Waals surface area contributed by atoms with Gasteiger partial charge in [-0.1, -0.05) is 0 Å². The zero-order chi connectivity index (χ0) is 12.5. The first-order chi connectivity index (χ1) is 8.81. The molecule has 1 unspecified atom stereocenters. The van der Waals surface area contributed by atoms with Crippen molar-refractivity contribution < 1.29 is 4.74 Å². The van der Waals surface area contributed by atoms with Crippen LogP contribution >= 0.6 is 11.6 Å². The molecule has 1 aromatic rings. The van der Waals surface area contributed by atoms with Gasteiger partial charge < -0.3 is 14.2 Å². The second-order valence-corrected chi connectivity index (χ2v) is 5.08. The third-order valence-corrected chi connectivity index (χ3v) is 3.82. The quantitative estimate of drug-likeness (QED) is 0.769. The number of aromatic nitrogens is 2. The summed E-state index contributed by atoms with van der Waals surface area (Å²) in [6, 6.07) is 0.408. The standard InChI is InChI=1S/C12H16ClN3O2/c13-7-10-8-18-6-5-15(10)11-12(17)16(4-3-14-11)9-1-2-9/h3-4,9-10H,1-2,5-8H2. The summed E-state index contributed by atoms with van der Waals surface area (Å²) in [7, 11) is 0. The number of ether oxygens (including phenoxy) is 1. The van der Waals surface area contributed by atoms with Gasteiger partial charge in [-0.2, -0.15) is 0 Å². The Kier molecular flexibility index (Phi) is 3.26. The molecule has 1 aliphatic heterocycles. The lowest BCUT2D eigenvalue weighted by Crippen LogP contribution is -2.49. The molecule has 0 aromatic carbocycles. The topological polar surface area (TPSA) is 47.4 Å². The number of hydrogen-bond acceptors (Lipinski definition) is 4. The Morgan fingerprint density at radius 2 is 2.33 bits per heavy atom. The van der Waals surface area contributed by atoms with E-state index in [0.29, 0.717) is 37.5 Å². The molecular formula is C12H16ClN3O2. The van der Waals surface area contributed by atoms with Crippen LogP contribution in [0.2, 0.25) is 0 Å². The molecule has 2 fully saturated rings. The lowest BCUT2D eigenvalue weighted by atomic mass is 10.2. The second kappa shape index (κ2) is 4.90. The maximum atomic E-state index is 12.4. The van der Waals surface area contributed by atoms with Crippen LogP contribution in [0, 0.1) is 0 Å². The van der Waals surface area contributed by atoms with E-state index in [0.717, 1.165) is 12.8 Å². The van der Waals surface area contributed by atoms with Crippen molar-refractivity contribution in [2.45, 2.75) is 24.9 Å². The summed E-state index contributed by atoms with van der Waals surface area (Å²) >= 11 is 5.93. The van der Waals surface area contributed by atoms with Crippen LogP contribution in [0.5, 0.6) is 0 Å². The van der Waals surface area contributed by atoms with E-state index in [-0.39, 0.29) is 11.6 Å². The van der Waals surface area contributed by atoms with E-state index >= 15 is 0 Å². The highest BCUT2D eigenvalue weighted by Gasteiger charge is 2.29. The van der Waals surface area contributed by atoms with Crippen LogP contribution in [-0.4, -0.2) is 41.2 Å². The van der Waals surface area contributed by atoms with Gasteiger partial charge in [0, 0.05) is 30.9 Å². The van der Waals surface area contributed by atoms with Gasteiger partial charge in [-0.25, -0.2) is 4.98 Å². The summed E-state index contributed by atoms with van der Waals surface area (Å²) in [6.07, 6.45) is 5.66. The molecule has 1 aromatic heterocycles. The summed E-state index contributed by atoms with van der Waals surface area (Å²) in [4.78, 5) is 18.6. The maximum Gasteiger partial charge on any atom is 0.293 e. The Morgan fingerprint density at radius 3 is 3.06 bits per heavy atom. The number of alkyl halides is 1. The molecule has 1 saturated carbocycles. The average molecular weight is 270 g/mol. The van der Waals surface area contributed by atoms with Crippen LogP contribution in [-0.2, 0) is 4.74 Å². The van der Waals surface area contributed by atoms with Crippen molar-refractivity contribution in [1.82, 2.24) is 9.55 Å². The van der Waals surface area contributed by atoms with Crippen molar-refractivity contribution >= 4 is 17.4 Å². The zero-order valence-electron chi connectivity index (χ0n) is 10.1. The van der Waals surface area contributed by atoms with Crippen molar-refractivity contribution in [1.29, 1.82) is 0 Å². The van der Waals surface area contributed by atoms with Crippen LogP contribution in [0.1, 0.15) is 18.9 Å². The number of rotatable bonds is 3. The Morgan fingerprint density at radius 1 is 1.50 bits per heavy atom. The normalized spacial score (nSPS) is 24.3. The lowest BCUT2D eigenvalue weighted by molar-refractivity contribution is 0.0992. The number of hydrogen-bond donors (Lipinski definition) is 0. The molecule has 1 aliphatic carbocycles. The molecule has 3 rings (SSSR count). The molecule has 1 atom stereocenters. The van der Waals surface area contributed by atoms with E-state index in [4.69, 9.17) is 16.3 Å². The van der Waals surface area contributed by atoms with Crippen molar-refractivity contribution in [2.24, 2.45) is 0 Å². The first-order valence-electron chi connectivity index (χ1n) is 6.28. The van der Waals surface area contributed by atoms with E-state index in [1.165, 1.54) is 0 Å². The fourth-order valence-corrected chi connectivity index (χ4v) is 2.57. The van der Waals surface area contributed by atoms with Crippen LogP contribution in [0.3, 0.4) is 0 Å². The highest BCUT2D eigenvalue weighted by molar-refractivity contribution is 6.18. The summed E-state index contributed by atoms with van der Waals surface area (Å²) in [6.45, 7) is 1.85. The predicted molar refractivity (Wildman–Crippen MR) is 69.4 cm³/mol. The van der Waals surface area contributed by atoms with Gasteiger partial charge in [0.2, 0.25) is 0 Å². The Bertz CT molecular complexity index is 486. The van der Waals surface area contributed by atoms with Gasteiger partial charge in [-0.05, 0) is 12.8 Å². The number of nitrogens with zero attached hydrogens (tertiary/aromatic N) is 3. The molecular weight excluding hydrogens is 254 g/mol. The minimum atomic E-state index is -0.00276. The number of halogens is 1. The van der Waals surface area contributed by atoms with Gasteiger partial charge in [-0.15, -0.1) is 11.6 Å². The fraction of sp³-hybridized carbons (Fsp3) is 0.667.